The van der Waals surface area contributed by atoms with Crippen LogP contribution in [0.1, 0.15) is 18.1 Å². The molecule has 0 spiro atoms. The van der Waals surface area contributed by atoms with Crippen LogP contribution in [0, 0.1) is 11.3 Å². The molecule has 23 heavy (non-hydrogen) atoms. The Morgan fingerprint density at radius 1 is 1.43 bits per heavy atom. The number of ether oxygens (including phenoxy) is 1. The maximum absolute atomic E-state index is 12.8. The van der Waals surface area contributed by atoms with Crippen molar-refractivity contribution in [1.29, 1.82) is 5.26 Å². The molecule has 5 nitrogen and oxygen atoms in total. The number of nitrogens with one attached hydrogen (secondary N) is 1. The van der Waals surface area contributed by atoms with E-state index in [-0.39, 0.29) is 12.2 Å². The first kappa shape index (κ1) is 18.5. The molecule has 0 unspecified atom stereocenters. The molecule has 1 aromatic carbocycles. The number of nitrogens with zero attached hydrogens (tertiary/aromatic N) is 1. The predicted octanol–water partition coefficient (Wildman–Crippen LogP) is 3.54. The number of nitriles is 1. The fourth-order valence-electron chi connectivity index (χ4n) is 1.49. The summed E-state index contributed by atoms with van der Waals surface area (Å²) in [7, 11) is 0. The molecule has 0 aliphatic heterocycles. The lowest BCUT2D eigenvalue weighted by atomic mass is 10.1. The van der Waals surface area contributed by atoms with Crippen molar-refractivity contribution in [3.05, 3.63) is 39.9 Å². The number of imide groups is 1. The number of rotatable bonds is 3. The summed E-state index contributed by atoms with van der Waals surface area (Å²) >= 11 is 5.47. The summed E-state index contributed by atoms with van der Waals surface area (Å²) in [6.45, 7) is 1.52. The second-order valence-electron chi connectivity index (χ2n) is 4.08. The number of alkyl carbamates (subject to hydrolysis) is 1. The zero-order chi connectivity index (χ0) is 17.6. The van der Waals surface area contributed by atoms with Gasteiger partial charge in [0.05, 0.1) is 17.2 Å². The summed E-state index contributed by atoms with van der Waals surface area (Å²) in [5, 5.41) is 10.2. The largest absolute Gasteiger partial charge is 0.450 e. The third-order valence-corrected chi connectivity index (χ3v) is 2.79. The van der Waals surface area contributed by atoms with Crippen molar-refractivity contribution in [2.24, 2.45) is 0 Å². The molecule has 0 bridgehead atoms. The Labute approximate surface area is 134 Å². The van der Waals surface area contributed by atoms with E-state index in [0.29, 0.717) is 6.07 Å². The minimum absolute atomic E-state index is 0.0108. The van der Waals surface area contributed by atoms with Crippen LogP contribution in [0.5, 0.6) is 0 Å². The smallest absolute Gasteiger partial charge is 0.417 e. The monoisotopic (exact) mass is 346 g/mol. The van der Waals surface area contributed by atoms with Gasteiger partial charge in [-0.15, -0.1) is 0 Å². The summed E-state index contributed by atoms with van der Waals surface area (Å²) in [5.41, 5.74) is -1.73. The van der Waals surface area contributed by atoms with Crippen molar-refractivity contribution >= 4 is 29.7 Å². The van der Waals surface area contributed by atoms with E-state index in [2.05, 4.69) is 4.74 Å². The molecular weight excluding hydrogens is 337 g/mol. The van der Waals surface area contributed by atoms with Crippen LogP contribution in [0.3, 0.4) is 0 Å². The molecule has 0 saturated heterocycles. The first-order chi connectivity index (χ1) is 10.7. The van der Waals surface area contributed by atoms with E-state index < -0.39 is 34.3 Å². The molecule has 0 aliphatic carbocycles. The van der Waals surface area contributed by atoms with Gasteiger partial charge >= 0.3 is 12.3 Å². The number of benzene rings is 1. The van der Waals surface area contributed by atoms with Gasteiger partial charge in [0, 0.05) is 0 Å². The Hall–Kier alpha value is -2.53. The molecule has 0 aromatic heterocycles. The molecule has 1 rings (SSSR count). The molecule has 0 atom stereocenters. The van der Waals surface area contributed by atoms with Gasteiger partial charge in [-0.1, -0.05) is 17.7 Å². The lowest BCUT2D eigenvalue weighted by Crippen LogP contribution is -2.31. The number of carbonyl (C=O) groups excluding carboxylic acids is 2. The number of carbonyl (C=O) groups is 2. The van der Waals surface area contributed by atoms with Gasteiger partial charge in [0.15, 0.2) is 0 Å². The van der Waals surface area contributed by atoms with Crippen LogP contribution in [-0.2, 0) is 15.7 Å². The summed E-state index contributed by atoms with van der Waals surface area (Å²) in [5.74, 6) is -1.09. The van der Waals surface area contributed by atoms with E-state index in [9.17, 15) is 22.8 Å². The van der Waals surface area contributed by atoms with Gasteiger partial charge in [-0.25, -0.2) is 4.79 Å². The van der Waals surface area contributed by atoms with Crippen molar-refractivity contribution in [3.63, 3.8) is 0 Å². The molecule has 0 fully saturated rings. The number of hydrogen-bond acceptors (Lipinski definition) is 4. The first-order valence-corrected chi connectivity index (χ1v) is 6.53. The average Bonchev–Trinajstić information content (AvgIpc) is 2.45. The van der Waals surface area contributed by atoms with Crippen molar-refractivity contribution in [2.45, 2.75) is 13.1 Å². The average molecular weight is 347 g/mol. The summed E-state index contributed by atoms with van der Waals surface area (Å²) in [4.78, 5) is 22.8. The zero-order valence-corrected chi connectivity index (χ0v) is 12.5. The van der Waals surface area contributed by atoms with E-state index in [4.69, 9.17) is 16.9 Å². The molecule has 1 aromatic rings. The number of amides is 2. The highest BCUT2D eigenvalue weighted by atomic mass is 35.5. The van der Waals surface area contributed by atoms with Crippen molar-refractivity contribution in [2.75, 3.05) is 6.61 Å². The highest BCUT2D eigenvalue weighted by molar-refractivity contribution is 6.31. The van der Waals surface area contributed by atoms with Crippen LogP contribution < -0.4 is 5.32 Å². The molecule has 2 amide bonds. The molecular formula is C14H10ClF3N2O3. The van der Waals surface area contributed by atoms with Crippen LogP contribution in [0.4, 0.5) is 18.0 Å². The van der Waals surface area contributed by atoms with Crippen LogP contribution in [0.25, 0.3) is 6.08 Å². The lowest BCUT2D eigenvalue weighted by molar-refractivity contribution is -0.137. The number of halogens is 4. The predicted molar refractivity (Wildman–Crippen MR) is 75.2 cm³/mol. The normalized spacial score (nSPS) is 11.6. The molecule has 9 heteroatoms. The molecule has 0 heterocycles. The van der Waals surface area contributed by atoms with Crippen LogP contribution in [0.2, 0.25) is 5.02 Å². The second-order valence-corrected chi connectivity index (χ2v) is 4.49. The second kappa shape index (κ2) is 7.65. The van der Waals surface area contributed by atoms with Gasteiger partial charge in [0.25, 0.3) is 5.91 Å². The van der Waals surface area contributed by atoms with Crippen molar-refractivity contribution in [1.82, 2.24) is 5.32 Å². The third kappa shape index (κ3) is 5.30. The molecule has 0 aliphatic rings. The fourth-order valence-corrected chi connectivity index (χ4v) is 1.72. The van der Waals surface area contributed by atoms with E-state index in [1.54, 1.807) is 5.32 Å². The Morgan fingerprint density at radius 3 is 2.61 bits per heavy atom. The maximum atomic E-state index is 12.8. The quantitative estimate of drug-likeness (QED) is 0.670. The standard InChI is InChI=1S/C14H10ClF3N2O3/c1-2-23-13(22)20-12(21)9(7-19)5-8-3-4-11(15)10(6-8)14(16,17)18/h3-6H,2H2,1H3,(H,20,21,22)/b9-5+. The van der Waals surface area contributed by atoms with Crippen LogP contribution in [0.15, 0.2) is 23.8 Å². The summed E-state index contributed by atoms with van der Waals surface area (Å²) < 4.78 is 42.7. The van der Waals surface area contributed by atoms with Gasteiger partial charge in [-0.3, -0.25) is 10.1 Å². The molecule has 1 N–H and O–H groups in total. The summed E-state index contributed by atoms with van der Waals surface area (Å²) in [6.07, 6.45) is -4.84. The van der Waals surface area contributed by atoms with Crippen molar-refractivity contribution < 1.29 is 27.5 Å². The lowest BCUT2D eigenvalue weighted by Gasteiger charge is -2.09. The fraction of sp³-hybridized carbons (Fsp3) is 0.214. The minimum Gasteiger partial charge on any atom is -0.450 e. The molecule has 0 radical (unpaired) electrons. The highest BCUT2D eigenvalue weighted by Crippen LogP contribution is 2.35. The van der Waals surface area contributed by atoms with Crippen LogP contribution >= 0.6 is 11.6 Å². The highest BCUT2D eigenvalue weighted by Gasteiger charge is 2.33. The Balaban J connectivity index is 3.10. The van der Waals surface area contributed by atoms with Gasteiger partial charge in [-0.2, -0.15) is 18.4 Å². The van der Waals surface area contributed by atoms with Gasteiger partial charge in [0.1, 0.15) is 11.6 Å². The van der Waals surface area contributed by atoms with Crippen LogP contribution in [-0.4, -0.2) is 18.6 Å². The SMILES string of the molecule is CCOC(=O)NC(=O)/C(C#N)=C/c1ccc(Cl)c(C(F)(F)F)c1. The molecule has 122 valence electrons. The van der Waals surface area contributed by atoms with E-state index in [0.717, 1.165) is 12.1 Å². The molecule has 0 saturated carbocycles. The Morgan fingerprint density at radius 2 is 2.09 bits per heavy atom. The zero-order valence-electron chi connectivity index (χ0n) is 11.7. The Bertz CT molecular complexity index is 693. The maximum Gasteiger partial charge on any atom is 0.417 e. The van der Waals surface area contributed by atoms with E-state index in [1.807, 2.05) is 0 Å². The topological polar surface area (TPSA) is 79.2 Å². The third-order valence-electron chi connectivity index (χ3n) is 2.46. The Kier molecular flexibility index (Phi) is 6.16. The number of alkyl halides is 3. The van der Waals surface area contributed by atoms with Gasteiger partial charge < -0.3 is 4.74 Å². The van der Waals surface area contributed by atoms with Gasteiger partial charge in [-0.05, 0) is 30.7 Å². The van der Waals surface area contributed by atoms with E-state index in [1.165, 1.54) is 19.1 Å². The van der Waals surface area contributed by atoms with E-state index >= 15 is 0 Å². The van der Waals surface area contributed by atoms with Crippen molar-refractivity contribution in [3.8, 4) is 6.07 Å². The summed E-state index contributed by atoms with van der Waals surface area (Å²) in [6, 6.07) is 4.38. The minimum atomic E-state index is -4.68. The first-order valence-electron chi connectivity index (χ1n) is 6.15. The van der Waals surface area contributed by atoms with Gasteiger partial charge in [0.2, 0.25) is 0 Å². The number of hydrogen-bond donors (Lipinski definition) is 1.